The number of carbonyl (C=O) groups excluding carboxylic acids is 1. The van der Waals surface area contributed by atoms with Crippen molar-refractivity contribution in [2.24, 2.45) is 5.73 Å². The summed E-state index contributed by atoms with van der Waals surface area (Å²) in [5, 5.41) is 13.6. The summed E-state index contributed by atoms with van der Waals surface area (Å²) >= 11 is 0. The van der Waals surface area contributed by atoms with Crippen LogP contribution in [0.3, 0.4) is 0 Å². The van der Waals surface area contributed by atoms with E-state index in [1.54, 1.807) is 0 Å². The first-order chi connectivity index (χ1) is 9.74. The van der Waals surface area contributed by atoms with Crippen LogP contribution in [0.5, 0.6) is 0 Å². The van der Waals surface area contributed by atoms with Crippen molar-refractivity contribution in [1.29, 1.82) is 0 Å². The Morgan fingerprint density at radius 3 is 2.48 bits per heavy atom. The number of nitrogens with one attached hydrogen (secondary N) is 1. The van der Waals surface area contributed by atoms with Crippen molar-refractivity contribution in [2.45, 2.75) is 39.2 Å². The molecule has 0 heterocycles. The lowest BCUT2D eigenvalue weighted by atomic mass is 9.94. The molecular formula is C14H20FN3O3. The molecule has 0 atom stereocenters. The van der Waals surface area contributed by atoms with Crippen LogP contribution in [0.4, 0.5) is 10.1 Å². The summed E-state index contributed by atoms with van der Waals surface area (Å²) in [6.45, 7) is 5.35. The zero-order valence-electron chi connectivity index (χ0n) is 12.4. The van der Waals surface area contributed by atoms with Gasteiger partial charge >= 0.3 is 0 Å². The zero-order valence-corrected chi connectivity index (χ0v) is 12.4. The number of nitro benzene ring substituents is 1. The lowest BCUT2D eigenvalue weighted by molar-refractivity contribution is -0.385. The summed E-state index contributed by atoms with van der Waals surface area (Å²) in [5.41, 5.74) is 4.92. The number of amides is 1. The van der Waals surface area contributed by atoms with Gasteiger partial charge in [-0.25, -0.2) is 4.39 Å². The predicted octanol–water partition coefficient (Wildman–Crippen LogP) is 2.29. The molecule has 0 radical (unpaired) electrons. The third-order valence-corrected chi connectivity index (χ3v) is 3.70. The van der Waals surface area contributed by atoms with Crippen molar-refractivity contribution in [2.75, 3.05) is 6.54 Å². The Labute approximate surface area is 122 Å². The SMILES string of the molecule is CCC(N)(CC)CNC(=O)c1cc(F)cc(C)c1[N+](=O)[O-]. The van der Waals surface area contributed by atoms with Gasteiger partial charge in [0.05, 0.1) is 4.92 Å². The largest absolute Gasteiger partial charge is 0.350 e. The molecule has 1 aromatic rings. The maximum atomic E-state index is 13.4. The van der Waals surface area contributed by atoms with Crippen LogP contribution < -0.4 is 11.1 Å². The first kappa shape index (κ1) is 17.0. The molecule has 7 heteroatoms. The molecule has 0 spiro atoms. The van der Waals surface area contributed by atoms with Gasteiger partial charge < -0.3 is 11.1 Å². The molecule has 1 aromatic carbocycles. The van der Waals surface area contributed by atoms with Gasteiger partial charge in [-0.05, 0) is 31.9 Å². The lowest BCUT2D eigenvalue weighted by Crippen LogP contribution is -2.49. The van der Waals surface area contributed by atoms with Crippen molar-refractivity contribution in [3.8, 4) is 0 Å². The van der Waals surface area contributed by atoms with Crippen LogP contribution in [-0.4, -0.2) is 22.9 Å². The summed E-state index contributed by atoms with van der Waals surface area (Å²) in [7, 11) is 0. The molecule has 0 fully saturated rings. The van der Waals surface area contributed by atoms with E-state index in [1.807, 2.05) is 13.8 Å². The summed E-state index contributed by atoms with van der Waals surface area (Å²) in [6, 6.07) is 1.90. The number of carbonyl (C=O) groups is 1. The van der Waals surface area contributed by atoms with Gasteiger partial charge in [0, 0.05) is 17.6 Å². The average Bonchev–Trinajstić information content (AvgIpc) is 2.43. The highest BCUT2D eigenvalue weighted by molar-refractivity contribution is 5.98. The molecule has 6 nitrogen and oxygen atoms in total. The van der Waals surface area contributed by atoms with E-state index in [2.05, 4.69) is 5.32 Å². The van der Waals surface area contributed by atoms with Crippen LogP contribution in [0.15, 0.2) is 12.1 Å². The third kappa shape index (κ3) is 3.98. The van der Waals surface area contributed by atoms with E-state index < -0.39 is 22.2 Å². The third-order valence-electron chi connectivity index (χ3n) is 3.70. The van der Waals surface area contributed by atoms with Crippen molar-refractivity contribution >= 4 is 11.6 Å². The number of nitrogens with zero attached hydrogens (tertiary/aromatic N) is 1. The van der Waals surface area contributed by atoms with Gasteiger partial charge in [0.25, 0.3) is 11.6 Å². The Morgan fingerprint density at radius 1 is 1.43 bits per heavy atom. The highest BCUT2D eigenvalue weighted by Crippen LogP contribution is 2.24. The zero-order chi connectivity index (χ0) is 16.2. The summed E-state index contributed by atoms with van der Waals surface area (Å²) in [4.78, 5) is 22.5. The summed E-state index contributed by atoms with van der Waals surface area (Å²) in [6.07, 6.45) is 1.29. The molecule has 0 aliphatic carbocycles. The first-order valence-corrected chi connectivity index (χ1v) is 6.75. The average molecular weight is 297 g/mol. The number of hydrogen-bond acceptors (Lipinski definition) is 4. The number of nitrogens with two attached hydrogens (primary N) is 1. The molecule has 0 aromatic heterocycles. The second-order valence-corrected chi connectivity index (χ2v) is 5.13. The van der Waals surface area contributed by atoms with Crippen LogP contribution in [0, 0.1) is 22.9 Å². The van der Waals surface area contributed by atoms with Crippen molar-refractivity contribution in [1.82, 2.24) is 5.32 Å². The van der Waals surface area contributed by atoms with Crippen LogP contribution in [0.1, 0.15) is 42.6 Å². The van der Waals surface area contributed by atoms with E-state index in [0.717, 1.165) is 12.1 Å². The normalized spacial score (nSPS) is 11.3. The fourth-order valence-corrected chi connectivity index (χ4v) is 2.00. The van der Waals surface area contributed by atoms with Crippen molar-refractivity contribution in [3.05, 3.63) is 39.2 Å². The Bertz CT molecular complexity index is 557. The number of benzene rings is 1. The number of rotatable bonds is 6. The Morgan fingerprint density at radius 2 is 2.00 bits per heavy atom. The van der Waals surface area contributed by atoms with Gasteiger partial charge in [-0.15, -0.1) is 0 Å². The molecule has 1 amide bonds. The van der Waals surface area contributed by atoms with Gasteiger partial charge in [0.1, 0.15) is 11.4 Å². The fourth-order valence-electron chi connectivity index (χ4n) is 2.00. The monoisotopic (exact) mass is 297 g/mol. The smallest absolute Gasteiger partial charge is 0.285 e. The minimum atomic E-state index is -0.693. The predicted molar refractivity (Wildman–Crippen MR) is 77.6 cm³/mol. The number of hydrogen-bond donors (Lipinski definition) is 2. The van der Waals surface area contributed by atoms with Gasteiger partial charge in [0.15, 0.2) is 0 Å². The molecule has 0 aliphatic rings. The quantitative estimate of drug-likeness (QED) is 0.621. The van der Waals surface area contributed by atoms with Crippen LogP contribution in [-0.2, 0) is 0 Å². The molecule has 21 heavy (non-hydrogen) atoms. The second kappa shape index (κ2) is 6.62. The highest BCUT2D eigenvalue weighted by atomic mass is 19.1. The maximum Gasteiger partial charge on any atom is 0.285 e. The van der Waals surface area contributed by atoms with Crippen LogP contribution in [0.25, 0.3) is 0 Å². The van der Waals surface area contributed by atoms with Gasteiger partial charge in [-0.1, -0.05) is 13.8 Å². The van der Waals surface area contributed by atoms with Crippen LogP contribution in [0.2, 0.25) is 0 Å². The van der Waals surface area contributed by atoms with E-state index in [9.17, 15) is 19.3 Å². The van der Waals surface area contributed by atoms with E-state index in [0.29, 0.717) is 12.8 Å². The van der Waals surface area contributed by atoms with Gasteiger partial charge in [0.2, 0.25) is 0 Å². The second-order valence-electron chi connectivity index (χ2n) is 5.13. The van der Waals surface area contributed by atoms with Gasteiger partial charge in [-0.3, -0.25) is 14.9 Å². The van der Waals surface area contributed by atoms with E-state index in [-0.39, 0.29) is 23.4 Å². The fraction of sp³-hybridized carbons (Fsp3) is 0.500. The van der Waals surface area contributed by atoms with Crippen LogP contribution >= 0.6 is 0 Å². The van der Waals surface area contributed by atoms with Gasteiger partial charge in [-0.2, -0.15) is 0 Å². The van der Waals surface area contributed by atoms with Crippen molar-refractivity contribution in [3.63, 3.8) is 0 Å². The van der Waals surface area contributed by atoms with E-state index in [4.69, 9.17) is 5.73 Å². The summed E-state index contributed by atoms with van der Waals surface area (Å²) in [5.74, 6) is -1.38. The molecular weight excluding hydrogens is 277 g/mol. The molecule has 0 unspecified atom stereocenters. The van der Waals surface area contributed by atoms with E-state index >= 15 is 0 Å². The lowest BCUT2D eigenvalue weighted by Gasteiger charge is -2.26. The highest BCUT2D eigenvalue weighted by Gasteiger charge is 2.26. The molecule has 3 N–H and O–H groups in total. The Kier molecular flexibility index (Phi) is 5.37. The summed E-state index contributed by atoms with van der Waals surface area (Å²) < 4.78 is 13.4. The Balaban J connectivity index is 3.05. The topological polar surface area (TPSA) is 98.3 Å². The Hall–Kier alpha value is -2.02. The molecule has 116 valence electrons. The minimum Gasteiger partial charge on any atom is -0.350 e. The molecule has 0 aliphatic heterocycles. The number of nitro groups is 1. The molecule has 0 saturated carbocycles. The molecule has 0 bridgehead atoms. The number of aryl methyl sites for hydroxylation is 1. The first-order valence-electron chi connectivity index (χ1n) is 6.75. The van der Waals surface area contributed by atoms with E-state index in [1.165, 1.54) is 6.92 Å². The standard InChI is InChI=1S/C14H20FN3O3/c1-4-14(16,5-2)8-17-13(19)11-7-10(15)6-9(3)12(11)18(20)21/h6-7H,4-5,8,16H2,1-3H3,(H,17,19). The molecule has 0 saturated heterocycles. The molecule has 1 rings (SSSR count). The van der Waals surface area contributed by atoms with Crippen molar-refractivity contribution < 1.29 is 14.1 Å². The number of halogens is 1. The minimum absolute atomic E-state index is 0.107. The maximum absolute atomic E-state index is 13.4.